The van der Waals surface area contributed by atoms with Crippen molar-refractivity contribution in [1.82, 2.24) is 0 Å². The zero-order valence-electron chi connectivity index (χ0n) is 18.5. The lowest BCUT2D eigenvalue weighted by Crippen LogP contribution is -2.53. The lowest BCUT2D eigenvalue weighted by molar-refractivity contribution is -0.172. The predicted octanol–water partition coefficient (Wildman–Crippen LogP) is 6.42. The molecule has 9 rings (SSSR count). The minimum absolute atomic E-state index is 0.0988. The van der Waals surface area contributed by atoms with Crippen LogP contribution in [-0.2, 0) is 21.4 Å². The van der Waals surface area contributed by atoms with E-state index in [-0.39, 0.29) is 16.6 Å². The van der Waals surface area contributed by atoms with Crippen LogP contribution in [0.5, 0.6) is 0 Å². The first-order chi connectivity index (χ1) is 15.2. The average molecular weight is 409 g/mol. The lowest BCUT2D eigenvalue weighted by Gasteiger charge is -2.52. The largest absolute Gasteiger partial charge is 0.358 e. The Morgan fingerprint density at radius 3 is 1.87 bits per heavy atom. The second-order valence-corrected chi connectivity index (χ2v) is 12.5. The smallest absolute Gasteiger partial charge is 0.108 e. The van der Waals surface area contributed by atoms with E-state index in [1.54, 1.807) is 11.1 Å². The Morgan fingerprint density at radius 1 is 0.645 bits per heavy atom. The van der Waals surface area contributed by atoms with Crippen molar-refractivity contribution in [1.29, 1.82) is 0 Å². The minimum atomic E-state index is -0.113. The molecule has 158 valence electrons. The number of benzene rings is 2. The molecular weight excluding hydrogens is 376 g/mol. The third-order valence-corrected chi connectivity index (χ3v) is 12.0. The number of hydrogen-bond acceptors (Lipinski definition) is 1. The zero-order valence-corrected chi connectivity index (χ0v) is 18.5. The molecule has 31 heavy (non-hydrogen) atoms. The van der Waals surface area contributed by atoms with Crippen LogP contribution in [0.15, 0.2) is 54.6 Å². The molecule has 7 aliphatic rings. The van der Waals surface area contributed by atoms with E-state index in [1.807, 2.05) is 0 Å². The van der Waals surface area contributed by atoms with Crippen LogP contribution >= 0.6 is 0 Å². The van der Waals surface area contributed by atoms with Gasteiger partial charge in [-0.25, -0.2) is 0 Å². The summed E-state index contributed by atoms with van der Waals surface area (Å²) in [6.07, 6.45) is 8.78. The van der Waals surface area contributed by atoms with Crippen LogP contribution in [0.1, 0.15) is 62.1 Å². The first-order valence-electron chi connectivity index (χ1n) is 13.1. The molecule has 5 unspecified atom stereocenters. The van der Waals surface area contributed by atoms with Gasteiger partial charge in [0.2, 0.25) is 0 Å². The monoisotopic (exact) mass is 408 g/mol. The highest BCUT2D eigenvalue weighted by Gasteiger charge is 2.89. The fourth-order valence-corrected chi connectivity index (χ4v) is 11.7. The van der Waals surface area contributed by atoms with E-state index >= 15 is 0 Å². The second kappa shape index (κ2) is 4.98. The van der Waals surface area contributed by atoms with Crippen LogP contribution < -0.4 is 0 Å². The molecule has 0 radical (unpaired) electrons. The van der Waals surface area contributed by atoms with Gasteiger partial charge < -0.3 is 4.74 Å². The van der Waals surface area contributed by atoms with E-state index in [0.717, 1.165) is 35.5 Å². The Morgan fingerprint density at radius 2 is 1.19 bits per heavy atom. The van der Waals surface area contributed by atoms with Crippen molar-refractivity contribution in [3.05, 3.63) is 71.3 Å². The maximum Gasteiger partial charge on any atom is 0.108 e. The van der Waals surface area contributed by atoms with Gasteiger partial charge in [0, 0.05) is 17.3 Å². The third kappa shape index (κ3) is 1.51. The summed E-state index contributed by atoms with van der Waals surface area (Å²) in [6.45, 7) is 2.49. The average Bonchev–Trinajstić information content (AvgIpc) is 3.40. The van der Waals surface area contributed by atoms with Gasteiger partial charge in [-0.3, -0.25) is 0 Å². The van der Waals surface area contributed by atoms with Crippen molar-refractivity contribution in [2.45, 2.75) is 62.1 Å². The molecule has 1 heteroatoms. The second-order valence-electron chi connectivity index (χ2n) is 12.5. The molecule has 6 bridgehead atoms. The van der Waals surface area contributed by atoms with Crippen molar-refractivity contribution in [2.24, 2.45) is 47.3 Å². The summed E-state index contributed by atoms with van der Waals surface area (Å²) < 4.78 is 7.77. The quantitative estimate of drug-likeness (QED) is 0.529. The topological polar surface area (TPSA) is 9.23 Å². The van der Waals surface area contributed by atoms with Gasteiger partial charge in [-0.05, 0) is 97.6 Å². The number of rotatable bonds is 1. The molecule has 5 saturated carbocycles. The highest BCUT2D eigenvalue weighted by Crippen LogP contribution is 2.89. The van der Waals surface area contributed by atoms with Gasteiger partial charge in [-0.15, -0.1) is 0 Å². The molecule has 1 nitrogen and oxygen atoms in total. The van der Waals surface area contributed by atoms with Crippen molar-refractivity contribution >= 4 is 0 Å². The Labute approximate surface area is 185 Å². The molecule has 1 aliphatic heterocycles. The minimum Gasteiger partial charge on any atom is -0.358 e. The molecule has 1 spiro atoms. The van der Waals surface area contributed by atoms with Crippen molar-refractivity contribution < 1.29 is 4.74 Å². The molecule has 0 N–H and O–H groups in total. The molecule has 6 fully saturated rings. The number of ether oxygens (including phenoxy) is 1. The summed E-state index contributed by atoms with van der Waals surface area (Å²) in [7, 11) is 0. The normalized spacial score (nSPS) is 56.0. The van der Waals surface area contributed by atoms with Crippen molar-refractivity contribution in [2.75, 3.05) is 0 Å². The van der Waals surface area contributed by atoms with E-state index in [2.05, 4.69) is 61.5 Å². The highest BCUT2D eigenvalue weighted by atomic mass is 16.5. The molecule has 2 aromatic rings. The lowest BCUT2D eigenvalue weighted by atomic mass is 9.59. The summed E-state index contributed by atoms with van der Waals surface area (Å²) in [4.78, 5) is 0. The van der Waals surface area contributed by atoms with Crippen molar-refractivity contribution in [3.63, 3.8) is 0 Å². The Kier molecular flexibility index (Phi) is 2.73. The third-order valence-electron chi connectivity index (χ3n) is 12.0. The molecule has 0 amide bonds. The SMILES string of the molecule is C[C@@]12O[C@@](c3ccccc3)(C3C1[C@H]1CC[C@@H]3C1)C1(c3ccccc32)C2C1[C@H]1CC[C@@H]2C1. The van der Waals surface area contributed by atoms with E-state index in [9.17, 15) is 0 Å². The van der Waals surface area contributed by atoms with Crippen LogP contribution in [0.3, 0.4) is 0 Å². The maximum absolute atomic E-state index is 7.77. The fraction of sp³-hybridized carbons (Fsp3) is 0.600. The molecule has 1 saturated heterocycles. The van der Waals surface area contributed by atoms with Crippen LogP contribution in [0.25, 0.3) is 0 Å². The maximum atomic E-state index is 7.77. The summed E-state index contributed by atoms with van der Waals surface area (Å²) in [6, 6.07) is 21.3. The van der Waals surface area contributed by atoms with Crippen LogP contribution in [0, 0.1) is 47.3 Å². The fourth-order valence-electron chi connectivity index (χ4n) is 11.7. The molecule has 0 aromatic heterocycles. The van der Waals surface area contributed by atoms with Gasteiger partial charge in [0.05, 0.1) is 5.60 Å². The van der Waals surface area contributed by atoms with Gasteiger partial charge in [0.1, 0.15) is 5.60 Å². The van der Waals surface area contributed by atoms with E-state index < -0.39 is 0 Å². The first-order valence-corrected chi connectivity index (χ1v) is 13.1. The Balaban J connectivity index is 1.42. The molecular formula is C30H32O. The standard InChI is InChI=1S/C30H32O/c1-28-22-9-5-6-10-23(22)29(25-18-12-13-19(16-18)26(25)29)30(31-28,21-7-3-2-4-8-21)27-20-14-11-17(15-20)24(27)28/h2-10,17-20,24-27H,11-16H2,1H3/t17-,18-,19+,20+,24?,25?,26?,27?,28-,29?,30-/m0/s1. The number of fused-ring (bicyclic) bond motifs is 13. The Hall–Kier alpha value is -1.60. The summed E-state index contributed by atoms with van der Waals surface area (Å²) >= 11 is 0. The van der Waals surface area contributed by atoms with Gasteiger partial charge in [0.15, 0.2) is 0 Å². The van der Waals surface area contributed by atoms with Crippen molar-refractivity contribution in [3.8, 4) is 0 Å². The predicted molar refractivity (Wildman–Crippen MR) is 120 cm³/mol. The van der Waals surface area contributed by atoms with Gasteiger partial charge in [-0.1, -0.05) is 54.6 Å². The van der Waals surface area contributed by atoms with E-state index in [0.29, 0.717) is 11.8 Å². The molecule has 1 heterocycles. The summed E-state index contributed by atoms with van der Waals surface area (Å²) in [5.41, 5.74) is 4.84. The molecule has 11 atom stereocenters. The van der Waals surface area contributed by atoms with Crippen LogP contribution in [-0.4, -0.2) is 0 Å². The Bertz CT molecular complexity index is 1100. The highest BCUT2D eigenvalue weighted by molar-refractivity contribution is 5.59. The van der Waals surface area contributed by atoms with Crippen LogP contribution in [0.4, 0.5) is 0 Å². The first kappa shape index (κ1) is 17.0. The summed E-state index contributed by atoms with van der Waals surface area (Å²) in [5, 5.41) is 0. The van der Waals surface area contributed by atoms with E-state index in [4.69, 9.17) is 4.74 Å². The molecule has 6 aliphatic carbocycles. The van der Waals surface area contributed by atoms with Gasteiger partial charge >= 0.3 is 0 Å². The van der Waals surface area contributed by atoms with Gasteiger partial charge in [-0.2, -0.15) is 0 Å². The van der Waals surface area contributed by atoms with Crippen LogP contribution in [0.2, 0.25) is 0 Å². The number of hydrogen-bond donors (Lipinski definition) is 0. The van der Waals surface area contributed by atoms with E-state index in [1.165, 1.54) is 44.1 Å². The zero-order chi connectivity index (χ0) is 20.2. The summed E-state index contributed by atoms with van der Waals surface area (Å²) in [5.74, 6) is 6.72. The molecule has 2 aromatic carbocycles. The van der Waals surface area contributed by atoms with Gasteiger partial charge in [0.25, 0.3) is 0 Å².